The van der Waals surface area contributed by atoms with E-state index in [9.17, 15) is 34.8 Å². The van der Waals surface area contributed by atoms with E-state index in [2.05, 4.69) is 18.7 Å². The summed E-state index contributed by atoms with van der Waals surface area (Å²) in [5.74, 6) is -6.23. The minimum absolute atomic E-state index is 0.0279. The van der Waals surface area contributed by atoms with Gasteiger partial charge in [-0.25, -0.2) is 0 Å². The number of benzene rings is 1. The fourth-order valence-corrected chi connectivity index (χ4v) is 7.72. The highest BCUT2D eigenvalue weighted by molar-refractivity contribution is 6.24. The number of allylic oxidation sites excluding steroid dienone is 1. The second-order valence-corrected chi connectivity index (χ2v) is 12.2. The summed E-state index contributed by atoms with van der Waals surface area (Å²) in [5, 5.41) is 45.3. The number of phenols is 1. The quantitative estimate of drug-likeness (QED) is 0.330. The van der Waals surface area contributed by atoms with Crippen molar-refractivity contribution in [2.24, 2.45) is 17.6 Å². The number of ketones is 2. The number of amides is 1. The number of likely N-dealkylation sites (N-methyl/N-ethyl adjacent to an activating group) is 1. The van der Waals surface area contributed by atoms with E-state index in [0.29, 0.717) is 29.9 Å². The van der Waals surface area contributed by atoms with Crippen LogP contribution < -0.4 is 10.5 Å². The van der Waals surface area contributed by atoms with Crippen LogP contribution in [0.5, 0.6) is 11.5 Å². The number of nitrogens with zero attached hydrogens (tertiary/aromatic N) is 2. The lowest BCUT2D eigenvalue weighted by Crippen LogP contribution is -2.63. The fourth-order valence-electron chi connectivity index (χ4n) is 7.72. The van der Waals surface area contributed by atoms with E-state index in [0.717, 1.165) is 24.8 Å². The van der Waals surface area contributed by atoms with Gasteiger partial charge in [0.2, 0.25) is 5.78 Å². The smallest absolute Gasteiger partial charge is 0.255 e. The van der Waals surface area contributed by atoms with Crippen LogP contribution in [0, 0.1) is 11.8 Å². The zero-order valence-corrected chi connectivity index (χ0v) is 24.1. The van der Waals surface area contributed by atoms with Crippen molar-refractivity contribution in [1.29, 1.82) is 0 Å². The van der Waals surface area contributed by atoms with Gasteiger partial charge in [0.05, 0.1) is 18.7 Å². The Hall–Kier alpha value is -3.41. The number of hydrogen-bond acceptors (Lipinski definition) is 10. The number of carbonyl (C=O) groups is 3. The van der Waals surface area contributed by atoms with Crippen LogP contribution >= 0.6 is 0 Å². The molecule has 0 spiro atoms. The number of primary amides is 1. The zero-order valence-electron chi connectivity index (χ0n) is 24.1. The Morgan fingerprint density at radius 1 is 1.17 bits per heavy atom. The fraction of sp³-hybridized carbons (Fsp3) is 0.567. The Balaban J connectivity index is 1.64. The van der Waals surface area contributed by atoms with Gasteiger partial charge in [-0.15, -0.1) is 0 Å². The molecule has 4 aliphatic rings. The Labute approximate surface area is 238 Å². The molecular weight excluding hydrogens is 530 g/mol. The number of likely N-dealkylation sites (tertiary alicyclic amines) is 1. The summed E-state index contributed by atoms with van der Waals surface area (Å²) >= 11 is 0. The minimum Gasteiger partial charge on any atom is -0.510 e. The molecule has 41 heavy (non-hydrogen) atoms. The van der Waals surface area contributed by atoms with Crippen LogP contribution in [-0.4, -0.2) is 92.6 Å². The molecule has 1 aromatic carbocycles. The summed E-state index contributed by atoms with van der Waals surface area (Å²) in [7, 11) is 4.72. The molecule has 3 aliphatic carbocycles. The standard InChI is InChI=1S/C30H39N3O8/c1-13-7-6-8-14(2)33(13)12-16-11-19(34)21-17(26(16)41-5)9-15-10-18-23(32(3)4)25(36)22(29(31)39)28(38)30(18,40)27(37)20(15)24(21)35/h11,13-15,18,23,34,36-37,40H,6-10,12H2,1-5H3,(H2,31,39)/t13-,14+,15-,18-,23-,30-/m0/s1. The number of ether oxygens (including phenoxy) is 1. The summed E-state index contributed by atoms with van der Waals surface area (Å²) in [5.41, 5.74) is 2.90. The van der Waals surface area contributed by atoms with E-state index in [4.69, 9.17) is 10.5 Å². The van der Waals surface area contributed by atoms with Gasteiger partial charge in [0, 0.05) is 41.2 Å². The van der Waals surface area contributed by atoms with Crippen molar-refractivity contribution >= 4 is 17.5 Å². The molecule has 222 valence electrons. The molecule has 1 fully saturated rings. The molecule has 0 aromatic heterocycles. The lowest BCUT2D eigenvalue weighted by Gasteiger charge is -2.50. The zero-order chi connectivity index (χ0) is 30.1. The van der Waals surface area contributed by atoms with E-state index >= 15 is 0 Å². The van der Waals surface area contributed by atoms with Crippen molar-refractivity contribution in [2.45, 2.75) is 76.2 Å². The molecule has 11 nitrogen and oxygen atoms in total. The SMILES string of the molecule is COc1c(CN2[C@H](C)CCC[C@@H]2C)cc(O)c2c1C[C@H]1C[C@H]3[C@H](N(C)C)C(O)=C(C(N)=O)C(=O)[C@@]3(O)C(O)=C1C2=O. The summed E-state index contributed by atoms with van der Waals surface area (Å²) in [6.07, 6.45) is 3.49. The van der Waals surface area contributed by atoms with Crippen molar-refractivity contribution < 1.29 is 39.5 Å². The van der Waals surface area contributed by atoms with Crippen molar-refractivity contribution in [1.82, 2.24) is 9.80 Å². The van der Waals surface area contributed by atoms with Gasteiger partial charge in [-0.2, -0.15) is 0 Å². The van der Waals surface area contributed by atoms with Gasteiger partial charge in [-0.3, -0.25) is 24.2 Å². The molecule has 6 atom stereocenters. The molecule has 0 bridgehead atoms. The summed E-state index contributed by atoms with van der Waals surface area (Å²) in [6, 6.07) is 1.15. The number of carbonyl (C=O) groups excluding carboxylic acids is 3. The topological polar surface area (TPSA) is 174 Å². The summed E-state index contributed by atoms with van der Waals surface area (Å²) in [6.45, 7) is 4.87. The Morgan fingerprint density at radius 3 is 2.37 bits per heavy atom. The molecule has 11 heteroatoms. The predicted molar refractivity (Wildman–Crippen MR) is 149 cm³/mol. The first-order chi connectivity index (χ1) is 19.2. The molecule has 1 amide bonds. The largest absolute Gasteiger partial charge is 0.510 e. The Kier molecular flexibility index (Phi) is 7.20. The number of hydrogen-bond donors (Lipinski definition) is 5. The second-order valence-electron chi connectivity index (χ2n) is 12.2. The van der Waals surface area contributed by atoms with Gasteiger partial charge < -0.3 is 30.9 Å². The second kappa shape index (κ2) is 10.1. The van der Waals surface area contributed by atoms with Crippen LogP contribution in [0.1, 0.15) is 61.0 Å². The van der Waals surface area contributed by atoms with E-state index in [1.807, 2.05) is 0 Å². The molecule has 0 unspecified atom stereocenters. The van der Waals surface area contributed by atoms with Gasteiger partial charge in [0.25, 0.3) is 5.91 Å². The van der Waals surface area contributed by atoms with Crippen molar-refractivity contribution in [3.05, 3.63) is 45.4 Å². The van der Waals surface area contributed by atoms with Crippen LogP contribution in [0.25, 0.3) is 0 Å². The molecule has 1 aromatic rings. The average Bonchev–Trinajstić information content (AvgIpc) is 2.88. The number of aromatic hydroxyl groups is 1. The minimum atomic E-state index is -2.66. The number of Topliss-reactive ketones (excluding diaryl/α,β-unsaturated/α-hetero) is 2. The van der Waals surface area contributed by atoms with Gasteiger partial charge in [-0.1, -0.05) is 6.42 Å². The molecule has 0 radical (unpaired) electrons. The van der Waals surface area contributed by atoms with Gasteiger partial charge >= 0.3 is 0 Å². The maximum absolute atomic E-state index is 13.9. The first-order valence-electron chi connectivity index (χ1n) is 14.1. The van der Waals surface area contributed by atoms with Gasteiger partial charge in [0.1, 0.15) is 28.6 Å². The lowest BCUT2D eigenvalue weighted by atomic mass is 9.58. The normalized spacial score (nSPS) is 32.1. The van der Waals surface area contributed by atoms with Crippen LogP contribution in [0.15, 0.2) is 28.7 Å². The monoisotopic (exact) mass is 569 g/mol. The first kappa shape index (κ1) is 29.1. The van der Waals surface area contributed by atoms with Gasteiger partial charge in [-0.05, 0) is 65.6 Å². The molecule has 5 rings (SSSR count). The first-order valence-corrected chi connectivity index (χ1v) is 14.1. The predicted octanol–water partition coefficient (Wildman–Crippen LogP) is 1.89. The van der Waals surface area contributed by atoms with E-state index in [-0.39, 0.29) is 29.7 Å². The number of phenolic OH excluding ortho intramolecular Hbond substituents is 1. The number of fused-ring (bicyclic) bond motifs is 3. The van der Waals surface area contributed by atoms with Crippen LogP contribution in [0.3, 0.4) is 0 Å². The highest BCUT2D eigenvalue weighted by Gasteiger charge is 2.63. The van der Waals surface area contributed by atoms with Crippen LogP contribution in [0.4, 0.5) is 0 Å². The number of piperidine rings is 1. The van der Waals surface area contributed by atoms with Gasteiger partial charge in [0.15, 0.2) is 11.4 Å². The number of nitrogens with two attached hydrogens (primary N) is 1. The van der Waals surface area contributed by atoms with E-state index in [1.165, 1.54) is 18.1 Å². The highest BCUT2D eigenvalue weighted by atomic mass is 16.5. The molecular formula is C30H39N3O8. The van der Waals surface area contributed by atoms with Crippen LogP contribution in [-0.2, 0) is 22.6 Å². The van der Waals surface area contributed by atoms with Crippen LogP contribution in [0.2, 0.25) is 0 Å². The van der Waals surface area contributed by atoms with Crippen molar-refractivity contribution in [2.75, 3.05) is 21.2 Å². The lowest BCUT2D eigenvalue weighted by molar-refractivity contribution is -0.148. The maximum atomic E-state index is 13.9. The third-order valence-electron chi connectivity index (χ3n) is 9.68. The number of aliphatic hydroxyl groups excluding tert-OH is 2. The molecule has 6 N–H and O–H groups in total. The molecule has 0 saturated carbocycles. The number of methoxy groups -OCH3 is 1. The Morgan fingerprint density at radius 2 is 1.80 bits per heavy atom. The maximum Gasteiger partial charge on any atom is 0.255 e. The summed E-state index contributed by atoms with van der Waals surface area (Å²) < 4.78 is 5.85. The number of aliphatic hydroxyl groups is 3. The van der Waals surface area contributed by atoms with Crippen molar-refractivity contribution in [3.63, 3.8) is 0 Å². The average molecular weight is 570 g/mol. The number of rotatable bonds is 5. The third kappa shape index (κ3) is 4.16. The van der Waals surface area contributed by atoms with Crippen molar-refractivity contribution in [3.8, 4) is 11.5 Å². The molecule has 1 aliphatic heterocycles. The third-order valence-corrected chi connectivity index (χ3v) is 9.68. The highest BCUT2D eigenvalue weighted by Crippen LogP contribution is 2.53. The molecule has 1 saturated heterocycles. The summed E-state index contributed by atoms with van der Waals surface area (Å²) in [4.78, 5) is 43.4. The van der Waals surface area contributed by atoms with E-state index in [1.54, 1.807) is 14.1 Å². The van der Waals surface area contributed by atoms with E-state index < -0.39 is 58.0 Å². The Bertz CT molecular complexity index is 1390. The molecule has 1 heterocycles.